The van der Waals surface area contributed by atoms with Gasteiger partial charge in [0.1, 0.15) is 0 Å². The van der Waals surface area contributed by atoms with Crippen LogP contribution in [0.1, 0.15) is 22.3 Å². The molecular formula is C41H25N. The molecule has 3 aliphatic rings. The Morgan fingerprint density at radius 2 is 1.05 bits per heavy atom. The van der Waals surface area contributed by atoms with E-state index in [1.807, 2.05) is 0 Å². The van der Waals surface area contributed by atoms with Gasteiger partial charge in [-0.2, -0.15) is 0 Å². The number of rotatable bonds is 1. The van der Waals surface area contributed by atoms with Gasteiger partial charge in [0.25, 0.3) is 0 Å². The zero-order valence-corrected chi connectivity index (χ0v) is 22.9. The highest BCUT2D eigenvalue weighted by Gasteiger charge is 2.52. The van der Waals surface area contributed by atoms with Crippen LogP contribution < -0.4 is 5.32 Å². The monoisotopic (exact) mass is 531 g/mol. The summed E-state index contributed by atoms with van der Waals surface area (Å²) in [6.07, 6.45) is 0. The fourth-order valence-corrected chi connectivity index (χ4v) is 8.20. The maximum Gasteiger partial charge on any atom is 0.0726 e. The minimum atomic E-state index is -0.400. The van der Waals surface area contributed by atoms with Gasteiger partial charge in [0.05, 0.1) is 5.41 Å². The molecule has 1 spiro atoms. The van der Waals surface area contributed by atoms with Gasteiger partial charge in [0.15, 0.2) is 0 Å². The Morgan fingerprint density at radius 3 is 1.90 bits per heavy atom. The Labute approximate surface area is 244 Å². The maximum absolute atomic E-state index is 3.74. The minimum absolute atomic E-state index is 0.400. The van der Waals surface area contributed by atoms with Crippen LogP contribution in [-0.2, 0) is 5.41 Å². The molecule has 1 atom stereocenters. The number of hydrogen-bond donors (Lipinski definition) is 1. The van der Waals surface area contributed by atoms with Crippen LogP contribution in [0.2, 0.25) is 0 Å². The van der Waals surface area contributed by atoms with Crippen LogP contribution in [0.3, 0.4) is 0 Å². The van der Waals surface area contributed by atoms with Gasteiger partial charge in [-0.15, -0.1) is 0 Å². The van der Waals surface area contributed by atoms with Crippen LogP contribution >= 0.6 is 0 Å². The van der Waals surface area contributed by atoms with Gasteiger partial charge in [-0.05, 0) is 90.8 Å². The van der Waals surface area contributed by atoms with Crippen molar-refractivity contribution >= 4 is 22.1 Å². The number of benzene rings is 7. The molecule has 0 amide bonds. The van der Waals surface area contributed by atoms with Crippen LogP contribution in [0.5, 0.6) is 0 Å². The van der Waals surface area contributed by atoms with Gasteiger partial charge < -0.3 is 5.32 Å². The van der Waals surface area contributed by atoms with Gasteiger partial charge in [-0.1, -0.05) is 121 Å². The first kappa shape index (κ1) is 22.3. The number of nitrogens with one attached hydrogen (secondary N) is 1. The average Bonchev–Trinajstić information content (AvgIpc) is 3.52. The molecule has 194 valence electrons. The topological polar surface area (TPSA) is 12.0 Å². The highest BCUT2D eigenvalue weighted by molar-refractivity contribution is 6.18. The molecule has 0 bridgehead atoms. The molecule has 2 aliphatic carbocycles. The normalized spacial score (nSPS) is 16.4. The molecule has 1 unspecified atom stereocenters. The van der Waals surface area contributed by atoms with Crippen molar-refractivity contribution in [2.45, 2.75) is 5.41 Å². The smallest absolute Gasteiger partial charge is 0.0726 e. The van der Waals surface area contributed by atoms with Gasteiger partial charge in [-0.3, -0.25) is 0 Å². The van der Waals surface area contributed by atoms with Gasteiger partial charge in [0.2, 0.25) is 0 Å². The Balaban J connectivity index is 1.40. The van der Waals surface area contributed by atoms with Crippen molar-refractivity contribution in [2.24, 2.45) is 0 Å². The van der Waals surface area contributed by atoms with Crippen molar-refractivity contribution in [3.05, 3.63) is 168 Å². The van der Waals surface area contributed by atoms with Crippen LogP contribution in [0.15, 0.2) is 146 Å². The summed E-state index contributed by atoms with van der Waals surface area (Å²) < 4.78 is 0. The minimum Gasteiger partial charge on any atom is -0.354 e. The van der Waals surface area contributed by atoms with E-state index in [-0.39, 0.29) is 0 Å². The SMILES string of the molecule is c1ccc(-c2ccc3c(c2)C2(c4ccccc4-3)c3ccccc3-c3c2cc2c4c(cccc34)Nc3ccccc3-2)cc1. The van der Waals surface area contributed by atoms with Crippen LogP contribution in [0, 0.1) is 0 Å². The van der Waals surface area contributed by atoms with Crippen molar-refractivity contribution < 1.29 is 0 Å². The van der Waals surface area contributed by atoms with Gasteiger partial charge >= 0.3 is 0 Å². The molecule has 1 aliphatic heterocycles. The van der Waals surface area contributed by atoms with E-state index in [0.29, 0.717) is 0 Å². The van der Waals surface area contributed by atoms with E-state index < -0.39 is 5.41 Å². The fourth-order valence-electron chi connectivity index (χ4n) is 8.20. The molecule has 0 saturated carbocycles. The number of fused-ring (bicyclic) bond motifs is 13. The molecule has 1 heterocycles. The first-order valence-corrected chi connectivity index (χ1v) is 14.7. The second-order valence-corrected chi connectivity index (χ2v) is 11.7. The van der Waals surface area contributed by atoms with E-state index in [4.69, 9.17) is 0 Å². The lowest BCUT2D eigenvalue weighted by Crippen LogP contribution is -2.26. The second-order valence-electron chi connectivity index (χ2n) is 11.7. The quantitative estimate of drug-likeness (QED) is 0.222. The Morgan fingerprint density at radius 1 is 0.381 bits per heavy atom. The van der Waals surface area contributed by atoms with E-state index >= 15 is 0 Å². The first-order chi connectivity index (χ1) is 20.8. The van der Waals surface area contributed by atoms with E-state index in [1.165, 1.54) is 88.9 Å². The standard InChI is InChI=1S/C41H25N/c1-2-11-25(12-3-1)26-21-22-28-27-13-4-7-17-33(27)41(35(28)23-26)34-18-8-5-15-30(34)39-31-16-10-20-38-40(31)32(24-36(39)41)29-14-6-9-19-37(29)42-38/h1-24,42H. The highest BCUT2D eigenvalue weighted by Crippen LogP contribution is 2.65. The Hall–Kier alpha value is -5.40. The molecule has 1 N–H and O–H groups in total. The summed E-state index contributed by atoms with van der Waals surface area (Å²) >= 11 is 0. The van der Waals surface area contributed by atoms with Crippen molar-refractivity contribution in [1.82, 2.24) is 0 Å². The number of para-hydroxylation sites is 1. The zero-order chi connectivity index (χ0) is 27.4. The molecule has 0 aromatic heterocycles. The summed E-state index contributed by atoms with van der Waals surface area (Å²) in [4.78, 5) is 0. The fraction of sp³-hybridized carbons (Fsp3) is 0.0244. The third kappa shape index (κ3) is 2.60. The molecule has 7 aromatic carbocycles. The third-order valence-electron chi connectivity index (χ3n) is 9.80. The maximum atomic E-state index is 3.74. The molecule has 42 heavy (non-hydrogen) atoms. The van der Waals surface area contributed by atoms with Crippen molar-refractivity contribution in [3.63, 3.8) is 0 Å². The Bertz CT molecular complexity index is 2280. The largest absolute Gasteiger partial charge is 0.354 e. The summed E-state index contributed by atoms with van der Waals surface area (Å²) in [6.45, 7) is 0. The zero-order valence-electron chi connectivity index (χ0n) is 22.9. The van der Waals surface area contributed by atoms with Crippen molar-refractivity contribution in [2.75, 3.05) is 5.32 Å². The second kappa shape index (κ2) is 7.87. The Kier molecular flexibility index (Phi) is 4.18. The molecule has 1 nitrogen and oxygen atoms in total. The molecule has 0 fully saturated rings. The summed E-state index contributed by atoms with van der Waals surface area (Å²) in [6, 6.07) is 54.2. The lowest BCUT2D eigenvalue weighted by atomic mass is 9.69. The first-order valence-electron chi connectivity index (χ1n) is 14.7. The van der Waals surface area contributed by atoms with Crippen molar-refractivity contribution in [1.29, 1.82) is 0 Å². The summed E-state index contributed by atoms with van der Waals surface area (Å²) in [5.41, 5.74) is 17.9. The summed E-state index contributed by atoms with van der Waals surface area (Å²) in [5.74, 6) is 0. The molecular weight excluding hydrogens is 506 g/mol. The van der Waals surface area contributed by atoms with E-state index in [9.17, 15) is 0 Å². The average molecular weight is 532 g/mol. The molecule has 0 radical (unpaired) electrons. The van der Waals surface area contributed by atoms with Gasteiger partial charge in [0, 0.05) is 22.3 Å². The predicted molar refractivity (Wildman–Crippen MR) is 174 cm³/mol. The van der Waals surface area contributed by atoms with Crippen LogP contribution in [0.25, 0.3) is 55.3 Å². The van der Waals surface area contributed by atoms with Gasteiger partial charge in [-0.25, -0.2) is 0 Å². The molecule has 10 rings (SSSR count). The highest BCUT2D eigenvalue weighted by atomic mass is 14.9. The predicted octanol–water partition coefficient (Wildman–Crippen LogP) is 10.6. The van der Waals surface area contributed by atoms with E-state index in [0.717, 1.165) is 0 Å². The van der Waals surface area contributed by atoms with Crippen molar-refractivity contribution in [3.8, 4) is 44.5 Å². The number of hydrogen-bond acceptors (Lipinski definition) is 1. The van der Waals surface area contributed by atoms with E-state index in [1.54, 1.807) is 0 Å². The lowest BCUT2D eigenvalue weighted by molar-refractivity contribution is 0.795. The molecule has 1 heteroatoms. The van der Waals surface area contributed by atoms with Crippen LogP contribution in [-0.4, -0.2) is 0 Å². The van der Waals surface area contributed by atoms with Crippen LogP contribution in [0.4, 0.5) is 11.4 Å². The van der Waals surface area contributed by atoms with E-state index in [2.05, 4.69) is 151 Å². The summed E-state index contributed by atoms with van der Waals surface area (Å²) in [5, 5.41) is 6.37. The number of anilines is 2. The third-order valence-corrected chi connectivity index (χ3v) is 9.80. The lowest BCUT2D eigenvalue weighted by Gasteiger charge is -2.32. The summed E-state index contributed by atoms with van der Waals surface area (Å²) in [7, 11) is 0. The molecule has 7 aromatic rings. The molecule has 0 saturated heterocycles.